The first-order valence-electron chi connectivity index (χ1n) is 8.73. The van der Waals surface area contributed by atoms with Crippen molar-refractivity contribution in [1.29, 1.82) is 0 Å². The highest BCUT2D eigenvalue weighted by molar-refractivity contribution is 5.91. The quantitative estimate of drug-likeness (QED) is 0.821. The molecule has 2 heterocycles. The first kappa shape index (κ1) is 18.8. The first-order chi connectivity index (χ1) is 12.9. The molecule has 0 bridgehead atoms. The molecule has 0 atom stereocenters. The molecule has 144 valence electrons. The number of methoxy groups -OCH3 is 2. The Morgan fingerprint density at radius 1 is 1.11 bits per heavy atom. The van der Waals surface area contributed by atoms with Gasteiger partial charge in [0, 0.05) is 31.4 Å². The van der Waals surface area contributed by atoms with Gasteiger partial charge in [0.15, 0.2) is 5.76 Å². The second-order valence-electron chi connectivity index (χ2n) is 7.07. The fraction of sp³-hybridized carbons (Fsp3) is 0.400. The molecule has 2 aromatic rings. The van der Waals surface area contributed by atoms with Crippen LogP contribution < -0.4 is 19.8 Å². The van der Waals surface area contributed by atoms with E-state index in [0.717, 1.165) is 11.4 Å². The number of benzene rings is 1. The lowest BCUT2D eigenvalue weighted by Gasteiger charge is -2.48. The Morgan fingerprint density at radius 3 is 2.37 bits per heavy atom. The molecule has 0 radical (unpaired) electrons. The van der Waals surface area contributed by atoms with E-state index in [1.165, 1.54) is 19.4 Å². The van der Waals surface area contributed by atoms with Gasteiger partial charge in [-0.2, -0.15) is 0 Å². The molecule has 1 fully saturated rings. The van der Waals surface area contributed by atoms with Crippen LogP contribution >= 0.6 is 0 Å². The second kappa shape index (κ2) is 7.34. The van der Waals surface area contributed by atoms with Crippen LogP contribution in [0.3, 0.4) is 0 Å². The van der Waals surface area contributed by atoms with E-state index in [2.05, 4.69) is 18.7 Å². The number of piperazine rings is 1. The Bertz CT molecular complexity index is 873. The molecule has 0 spiro atoms. The molecule has 1 aliphatic rings. The number of nitrogens with zero attached hydrogens (tertiary/aromatic N) is 2. The number of carbonyl (C=O) groups is 1. The number of hydrogen-bond acceptors (Lipinski definition) is 6. The summed E-state index contributed by atoms with van der Waals surface area (Å²) in [6.45, 7) is 5.88. The van der Waals surface area contributed by atoms with E-state index in [-0.39, 0.29) is 28.4 Å². The maximum absolute atomic E-state index is 12.8. The highest BCUT2D eigenvalue weighted by Gasteiger charge is 2.36. The van der Waals surface area contributed by atoms with E-state index in [9.17, 15) is 9.59 Å². The summed E-state index contributed by atoms with van der Waals surface area (Å²) in [6.07, 6.45) is 1.17. The van der Waals surface area contributed by atoms with E-state index >= 15 is 0 Å². The maximum Gasteiger partial charge on any atom is 0.289 e. The van der Waals surface area contributed by atoms with Crippen LogP contribution in [-0.4, -0.2) is 50.2 Å². The van der Waals surface area contributed by atoms with Crippen LogP contribution in [0.4, 0.5) is 5.69 Å². The Kier molecular flexibility index (Phi) is 5.12. The molecule has 0 saturated carbocycles. The van der Waals surface area contributed by atoms with Crippen LogP contribution in [-0.2, 0) is 0 Å². The van der Waals surface area contributed by atoms with Gasteiger partial charge in [0.1, 0.15) is 12.0 Å². The van der Waals surface area contributed by atoms with Gasteiger partial charge in [-0.05, 0) is 38.1 Å². The summed E-state index contributed by atoms with van der Waals surface area (Å²) < 4.78 is 15.4. The summed E-state index contributed by atoms with van der Waals surface area (Å²) in [4.78, 5) is 28.7. The van der Waals surface area contributed by atoms with E-state index in [1.807, 2.05) is 24.3 Å². The summed E-state index contributed by atoms with van der Waals surface area (Å²) in [7, 11) is 3.02. The zero-order valence-corrected chi connectivity index (χ0v) is 16.0. The van der Waals surface area contributed by atoms with Gasteiger partial charge in [-0.1, -0.05) is 0 Å². The fourth-order valence-corrected chi connectivity index (χ4v) is 3.38. The average molecular weight is 372 g/mol. The Balaban J connectivity index is 1.77. The number of amides is 1. The zero-order valence-electron chi connectivity index (χ0n) is 16.0. The van der Waals surface area contributed by atoms with Crippen LogP contribution in [0.5, 0.6) is 11.5 Å². The van der Waals surface area contributed by atoms with E-state index in [4.69, 9.17) is 13.9 Å². The van der Waals surface area contributed by atoms with Crippen molar-refractivity contribution in [3.05, 3.63) is 52.6 Å². The van der Waals surface area contributed by atoms with E-state index in [0.29, 0.717) is 19.6 Å². The van der Waals surface area contributed by atoms with Gasteiger partial charge in [-0.25, -0.2) is 0 Å². The minimum atomic E-state index is -0.372. The monoisotopic (exact) mass is 372 g/mol. The molecular weight excluding hydrogens is 348 g/mol. The predicted molar refractivity (Wildman–Crippen MR) is 102 cm³/mol. The summed E-state index contributed by atoms with van der Waals surface area (Å²) in [5.74, 6) is 0.614. The van der Waals surface area contributed by atoms with Crippen LogP contribution in [0.15, 0.2) is 45.8 Å². The SMILES string of the molecule is COc1ccc(N2CCN(C(=O)c3cc(=O)c(OC)co3)CC2(C)C)cc1. The third-order valence-electron chi connectivity index (χ3n) is 4.80. The van der Waals surface area contributed by atoms with Crippen molar-refractivity contribution in [3.8, 4) is 11.5 Å². The van der Waals surface area contributed by atoms with Gasteiger partial charge < -0.3 is 23.7 Å². The largest absolute Gasteiger partial charge is 0.497 e. The summed E-state index contributed by atoms with van der Waals surface area (Å²) in [6, 6.07) is 9.06. The maximum atomic E-state index is 12.8. The molecule has 1 aliphatic heterocycles. The van der Waals surface area contributed by atoms with Gasteiger partial charge in [-0.3, -0.25) is 9.59 Å². The normalized spacial score (nSPS) is 16.1. The number of rotatable bonds is 4. The van der Waals surface area contributed by atoms with Crippen LogP contribution in [0.1, 0.15) is 24.4 Å². The zero-order chi connectivity index (χ0) is 19.6. The number of hydrogen-bond donors (Lipinski definition) is 0. The lowest BCUT2D eigenvalue weighted by atomic mass is 9.97. The minimum Gasteiger partial charge on any atom is -0.497 e. The molecule has 0 aliphatic carbocycles. The van der Waals surface area contributed by atoms with Gasteiger partial charge in [0.05, 0.1) is 19.8 Å². The second-order valence-corrected chi connectivity index (χ2v) is 7.07. The van der Waals surface area contributed by atoms with Gasteiger partial charge in [-0.15, -0.1) is 0 Å². The molecular formula is C20H24N2O5. The minimum absolute atomic E-state index is 0.0227. The van der Waals surface area contributed by atoms with E-state index in [1.54, 1.807) is 12.0 Å². The smallest absolute Gasteiger partial charge is 0.289 e. The average Bonchev–Trinajstić information content (AvgIpc) is 2.66. The Morgan fingerprint density at radius 2 is 1.81 bits per heavy atom. The highest BCUT2D eigenvalue weighted by atomic mass is 16.5. The third-order valence-corrected chi connectivity index (χ3v) is 4.80. The topological polar surface area (TPSA) is 72.2 Å². The van der Waals surface area contributed by atoms with Crippen LogP contribution in [0.25, 0.3) is 0 Å². The van der Waals surface area contributed by atoms with E-state index < -0.39 is 0 Å². The molecule has 3 rings (SSSR count). The van der Waals surface area contributed by atoms with Gasteiger partial charge >= 0.3 is 0 Å². The lowest BCUT2D eigenvalue weighted by molar-refractivity contribution is 0.0650. The number of carbonyl (C=O) groups excluding carboxylic acids is 1. The molecule has 1 aromatic heterocycles. The summed E-state index contributed by atoms with van der Waals surface area (Å²) >= 11 is 0. The van der Waals surface area contributed by atoms with Crippen molar-refractivity contribution in [2.45, 2.75) is 19.4 Å². The van der Waals surface area contributed by atoms with Crippen molar-refractivity contribution >= 4 is 11.6 Å². The summed E-state index contributed by atoms with van der Waals surface area (Å²) in [5.41, 5.74) is 0.419. The Labute approximate surface area is 158 Å². The van der Waals surface area contributed by atoms with Crippen molar-refractivity contribution in [3.63, 3.8) is 0 Å². The Hall–Kier alpha value is -2.96. The standard InChI is InChI=1S/C20H24N2O5/c1-20(2)13-21(19(24)17-11-16(23)18(26-4)12-27-17)9-10-22(20)14-5-7-15(25-3)8-6-14/h5-8,11-12H,9-10,13H2,1-4H3. The summed E-state index contributed by atoms with van der Waals surface area (Å²) in [5, 5.41) is 0. The molecule has 0 unspecified atom stereocenters. The molecule has 1 amide bonds. The van der Waals surface area contributed by atoms with Crippen LogP contribution in [0.2, 0.25) is 0 Å². The van der Waals surface area contributed by atoms with Crippen molar-refractivity contribution in [1.82, 2.24) is 4.90 Å². The van der Waals surface area contributed by atoms with Crippen molar-refractivity contribution < 1.29 is 18.7 Å². The van der Waals surface area contributed by atoms with Gasteiger partial charge in [0.2, 0.25) is 11.2 Å². The first-order valence-corrected chi connectivity index (χ1v) is 8.73. The van der Waals surface area contributed by atoms with Crippen molar-refractivity contribution in [2.24, 2.45) is 0 Å². The molecule has 7 heteroatoms. The number of ether oxygens (including phenoxy) is 2. The molecule has 7 nitrogen and oxygen atoms in total. The predicted octanol–water partition coefficient (Wildman–Crippen LogP) is 2.40. The van der Waals surface area contributed by atoms with Crippen molar-refractivity contribution in [2.75, 3.05) is 38.8 Å². The highest BCUT2D eigenvalue weighted by Crippen LogP contribution is 2.30. The van der Waals surface area contributed by atoms with Gasteiger partial charge in [0.25, 0.3) is 5.91 Å². The fourth-order valence-electron chi connectivity index (χ4n) is 3.38. The molecule has 27 heavy (non-hydrogen) atoms. The lowest BCUT2D eigenvalue weighted by Crippen LogP contribution is -2.60. The third kappa shape index (κ3) is 3.77. The molecule has 1 saturated heterocycles. The molecule has 0 N–H and O–H groups in total. The molecule has 1 aromatic carbocycles. The van der Waals surface area contributed by atoms with Crippen LogP contribution in [0, 0.1) is 0 Å². The number of anilines is 1.